The molecule has 36 heavy (non-hydrogen) atoms. The van der Waals surface area contributed by atoms with Gasteiger partial charge in [-0.2, -0.15) is 0 Å². The molecule has 0 aromatic rings. The quantitative estimate of drug-likeness (QED) is 0.0621. The molecule has 0 aliphatic rings. The second-order valence-corrected chi connectivity index (χ2v) is 10.7. The summed E-state index contributed by atoms with van der Waals surface area (Å²) in [5.74, 6) is 2.16. The number of ketones is 1. The predicted octanol–water partition coefficient (Wildman–Crippen LogP) is 8.89. The molecule has 0 aliphatic heterocycles. The van der Waals surface area contributed by atoms with E-state index in [-0.39, 0.29) is 11.7 Å². The normalized spacial score (nSPS) is 12.7. The summed E-state index contributed by atoms with van der Waals surface area (Å²) in [7, 11) is 3.52. The molecule has 0 aliphatic carbocycles. The van der Waals surface area contributed by atoms with Crippen LogP contribution in [-0.2, 0) is 9.59 Å². The Balaban J connectivity index is 3.53. The first kappa shape index (κ1) is 34.0. The maximum atomic E-state index is 11.9. The van der Waals surface area contributed by atoms with Gasteiger partial charge in [0, 0.05) is 30.9 Å². The van der Waals surface area contributed by atoms with E-state index in [0.29, 0.717) is 19.4 Å². The Hall–Kier alpha value is -1.98. The van der Waals surface area contributed by atoms with Crippen molar-refractivity contribution in [1.82, 2.24) is 5.32 Å². The van der Waals surface area contributed by atoms with E-state index in [1.807, 2.05) is 6.92 Å². The van der Waals surface area contributed by atoms with Crippen LogP contribution >= 0.6 is 21.6 Å². The van der Waals surface area contributed by atoms with Crippen LogP contribution in [0, 0.1) is 0 Å². The van der Waals surface area contributed by atoms with Crippen molar-refractivity contribution in [2.24, 2.45) is 0 Å². The smallest absolute Gasteiger partial charge is 0.220 e. The summed E-state index contributed by atoms with van der Waals surface area (Å²) in [6, 6.07) is 0. The van der Waals surface area contributed by atoms with Crippen LogP contribution in [0.5, 0.6) is 0 Å². The standard InChI is InChI=1S/C31H47NO2S2/c1-3-5-6-7-8-9-10-11-12-13-14-15-16-17-18-19-20-21-22-26-31(34)32-27-29-36-35-28-23-25-30(33)24-4-2/h4-6,8-9,11-12,14-15,17-18,20-21,24H,3,7,10,13,16,19,22-23,25-29H2,1-2H3,(H,32,34)/b6-5-,9-8-,12-11-,15-14-,18-17-,21-20-,24-4+. The molecule has 3 nitrogen and oxygen atoms in total. The summed E-state index contributed by atoms with van der Waals surface area (Å²) >= 11 is 0. The summed E-state index contributed by atoms with van der Waals surface area (Å²) in [6.07, 6.45) is 38.4. The number of allylic oxidation sites excluding steroid dienone is 14. The molecule has 1 N–H and O–H groups in total. The first-order chi connectivity index (χ1) is 17.7. The summed E-state index contributed by atoms with van der Waals surface area (Å²) < 4.78 is 0. The summed E-state index contributed by atoms with van der Waals surface area (Å²) in [4.78, 5) is 23.2. The molecular weight excluding hydrogens is 482 g/mol. The molecule has 0 heterocycles. The monoisotopic (exact) mass is 529 g/mol. The molecule has 5 heteroatoms. The van der Waals surface area contributed by atoms with Crippen molar-refractivity contribution in [1.29, 1.82) is 0 Å². The third-order valence-electron chi connectivity index (χ3n) is 4.73. The SMILES string of the molecule is C/C=C/C(=O)CCCSSCCNC(=O)CC/C=C\C/C=C\C/C=C\C/C=C\C/C=C\C/C=C\CC. The van der Waals surface area contributed by atoms with Crippen molar-refractivity contribution in [2.45, 2.75) is 78.1 Å². The molecule has 0 bridgehead atoms. The Morgan fingerprint density at radius 2 is 1.17 bits per heavy atom. The zero-order valence-corrected chi connectivity index (χ0v) is 24.0. The highest BCUT2D eigenvalue weighted by atomic mass is 33.1. The third-order valence-corrected chi connectivity index (χ3v) is 7.22. The molecule has 0 aromatic carbocycles. The lowest BCUT2D eigenvalue weighted by atomic mass is 10.2. The van der Waals surface area contributed by atoms with Gasteiger partial charge in [-0.05, 0) is 64.4 Å². The van der Waals surface area contributed by atoms with Gasteiger partial charge in [0.1, 0.15) is 0 Å². The zero-order valence-electron chi connectivity index (χ0n) is 22.4. The lowest BCUT2D eigenvalue weighted by Crippen LogP contribution is -2.25. The van der Waals surface area contributed by atoms with Crippen LogP contribution in [0.4, 0.5) is 0 Å². The van der Waals surface area contributed by atoms with Crippen LogP contribution < -0.4 is 5.32 Å². The van der Waals surface area contributed by atoms with E-state index in [9.17, 15) is 9.59 Å². The Kier molecular flexibility index (Phi) is 27.6. The molecule has 1 amide bonds. The highest BCUT2D eigenvalue weighted by Crippen LogP contribution is 2.21. The van der Waals surface area contributed by atoms with E-state index in [0.717, 1.165) is 62.9 Å². The molecule has 0 fully saturated rings. The summed E-state index contributed by atoms with van der Waals surface area (Å²) in [6.45, 7) is 4.71. The fourth-order valence-electron chi connectivity index (χ4n) is 2.87. The number of carbonyl (C=O) groups is 2. The largest absolute Gasteiger partial charge is 0.355 e. The first-order valence-electron chi connectivity index (χ1n) is 13.3. The Morgan fingerprint density at radius 1 is 0.667 bits per heavy atom. The summed E-state index contributed by atoms with van der Waals surface area (Å²) in [5, 5.41) is 2.97. The summed E-state index contributed by atoms with van der Waals surface area (Å²) in [5.41, 5.74) is 0. The molecule has 0 unspecified atom stereocenters. The molecule has 0 atom stereocenters. The fraction of sp³-hybridized carbons (Fsp3) is 0.484. The molecule has 0 saturated heterocycles. The minimum atomic E-state index is 0.108. The number of amides is 1. The highest BCUT2D eigenvalue weighted by Gasteiger charge is 2.00. The number of carbonyl (C=O) groups excluding carboxylic acids is 2. The van der Waals surface area contributed by atoms with Gasteiger partial charge in [-0.15, -0.1) is 0 Å². The van der Waals surface area contributed by atoms with Gasteiger partial charge < -0.3 is 5.32 Å². The molecule has 200 valence electrons. The van der Waals surface area contributed by atoms with Crippen LogP contribution in [0.3, 0.4) is 0 Å². The van der Waals surface area contributed by atoms with Gasteiger partial charge in [-0.25, -0.2) is 0 Å². The van der Waals surface area contributed by atoms with Crippen molar-refractivity contribution < 1.29 is 9.59 Å². The van der Waals surface area contributed by atoms with Gasteiger partial charge in [0.15, 0.2) is 5.78 Å². The molecular formula is C31H47NO2S2. The Morgan fingerprint density at radius 3 is 1.69 bits per heavy atom. The van der Waals surface area contributed by atoms with Gasteiger partial charge in [0.05, 0.1) is 0 Å². The maximum absolute atomic E-state index is 11.9. The maximum Gasteiger partial charge on any atom is 0.220 e. The van der Waals surface area contributed by atoms with Crippen LogP contribution in [0.15, 0.2) is 85.1 Å². The molecule has 0 saturated carbocycles. The lowest BCUT2D eigenvalue weighted by molar-refractivity contribution is -0.121. The Labute approximate surface area is 228 Å². The van der Waals surface area contributed by atoms with E-state index in [1.54, 1.807) is 33.7 Å². The van der Waals surface area contributed by atoms with Crippen molar-refractivity contribution in [3.05, 3.63) is 85.1 Å². The van der Waals surface area contributed by atoms with Crippen LogP contribution in [0.25, 0.3) is 0 Å². The first-order valence-corrected chi connectivity index (χ1v) is 15.8. The zero-order chi connectivity index (χ0) is 26.4. The second-order valence-electron chi connectivity index (χ2n) is 8.02. The van der Waals surface area contributed by atoms with Gasteiger partial charge in [-0.1, -0.05) is 107 Å². The third kappa shape index (κ3) is 28.3. The minimum absolute atomic E-state index is 0.108. The van der Waals surface area contributed by atoms with Crippen molar-refractivity contribution in [3.63, 3.8) is 0 Å². The predicted molar refractivity (Wildman–Crippen MR) is 164 cm³/mol. The molecule has 0 radical (unpaired) electrons. The topological polar surface area (TPSA) is 46.2 Å². The van der Waals surface area contributed by atoms with Crippen molar-refractivity contribution in [2.75, 3.05) is 18.1 Å². The Bertz CT molecular complexity index is 746. The van der Waals surface area contributed by atoms with Gasteiger partial charge >= 0.3 is 0 Å². The van der Waals surface area contributed by atoms with Crippen molar-refractivity contribution in [3.8, 4) is 0 Å². The van der Waals surface area contributed by atoms with Gasteiger partial charge in [0.25, 0.3) is 0 Å². The van der Waals surface area contributed by atoms with Crippen LogP contribution in [0.2, 0.25) is 0 Å². The highest BCUT2D eigenvalue weighted by molar-refractivity contribution is 8.76. The number of hydrogen-bond donors (Lipinski definition) is 1. The van der Waals surface area contributed by atoms with Gasteiger partial charge in [-0.3, -0.25) is 9.59 Å². The second kappa shape index (κ2) is 29.3. The van der Waals surface area contributed by atoms with Crippen LogP contribution in [0.1, 0.15) is 78.1 Å². The lowest BCUT2D eigenvalue weighted by Gasteiger charge is -2.04. The average molecular weight is 530 g/mol. The van der Waals surface area contributed by atoms with Crippen LogP contribution in [-0.4, -0.2) is 29.7 Å². The number of nitrogens with one attached hydrogen (secondary N) is 1. The number of hydrogen-bond acceptors (Lipinski definition) is 4. The van der Waals surface area contributed by atoms with E-state index in [1.165, 1.54) is 0 Å². The fourth-order valence-corrected chi connectivity index (χ4v) is 4.86. The van der Waals surface area contributed by atoms with E-state index in [2.05, 4.69) is 85.2 Å². The van der Waals surface area contributed by atoms with Crippen molar-refractivity contribution >= 4 is 33.3 Å². The number of rotatable bonds is 23. The molecule has 0 rings (SSSR count). The van der Waals surface area contributed by atoms with Gasteiger partial charge in [0.2, 0.25) is 5.91 Å². The van der Waals surface area contributed by atoms with E-state index in [4.69, 9.17) is 0 Å². The molecule has 0 aromatic heterocycles. The molecule has 0 spiro atoms. The van der Waals surface area contributed by atoms with E-state index < -0.39 is 0 Å². The van der Waals surface area contributed by atoms with E-state index >= 15 is 0 Å². The average Bonchev–Trinajstić information content (AvgIpc) is 2.87. The minimum Gasteiger partial charge on any atom is -0.355 e.